The smallest absolute Gasteiger partial charge is 0.265 e. The normalized spacial score (nSPS) is 10.2. The lowest BCUT2D eigenvalue weighted by Gasteiger charge is -2.03. The average Bonchev–Trinajstić information content (AvgIpc) is 2.30. The van der Waals surface area contributed by atoms with E-state index in [1.165, 1.54) is 17.8 Å². The highest BCUT2D eigenvalue weighted by molar-refractivity contribution is 7.99. The molecule has 0 aliphatic carbocycles. The van der Waals surface area contributed by atoms with Gasteiger partial charge in [-0.25, -0.2) is 0 Å². The number of hydrogen-bond acceptors (Lipinski definition) is 4. The van der Waals surface area contributed by atoms with Crippen molar-refractivity contribution >= 4 is 29.1 Å². The fourth-order valence-electron chi connectivity index (χ4n) is 1.29. The Labute approximate surface area is 107 Å². The molecule has 17 heavy (non-hydrogen) atoms. The van der Waals surface area contributed by atoms with Crippen LogP contribution >= 0.6 is 23.4 Å². The van der Waals surface area contributed by atoms with Crippen molar-refractivity contribution in [2.24, 2.45) is 0 Å². The van der Waals surface area contributed by atoms with Crippen molar-refractivity contribution in [1.29, 1.82) is 0 Å². The second-order valence-electron chi connectivity index (χ2n) is 3.13. The first-order valence-electron chi connectivity index (χ1n) is 4.69. The van der Waals surface area contributed by atoms with Crippen molar-refractivity contribution in [3.63, 3.8) is 0 Å². The van der Waals surface area contributed by atoms with E-state index in [1.807, 2.05) is 0 Å². The average molecular weight is 267 g/mol. The van der Waals surface area contributed by atoms with Gasteiger partial charge < -0.3 is 0 Å². The van der Waals surface area contributed by atoms with E-state index in [0.717, 1.165) is 4.90 Å². The Morgan fingerprint density at radius 3 is 2.59 bits per heavy atom. The summed E-state index contributed by atoms with van der Waals surface area (Å²) in [5.74, 6) is 0. The van der Waals surface area contributed by atoms with Crippen LogP contribution in [0.4, 0.5) is 5.69 Å². The van der Waals surface area contributed by atoms with Gasteiger partial charge in [0.05, 0.1) is 9.82 Å². The standard InChI is InChI=1S/C11H7ClN2O2S/c12-9-2-1-3-10(11(9)14(15)16)17-8-4-6-13-7-5-8/h1-7H. The zero-order valence-electron chi connectivity index (χ0n) is 8.54. The molecule has 0 saturated carbocycles. The van der Waals surface area contributed by atoms with Gasteiger partial charge in [-0.15, -0.1) is 0 Å². The van der Waals surface area contributed by atoms with Crippen LogP contribution in [0, 0.1) is 10.1 Å². The van der Waals surface area contributed by atoms with E-state index < -0.39 is 4.92 Å². The maximum absolute atomic E-state index is 10.9. The molecule has 86 valence electrons. The summed E-state index contributed by atoms with van der Waals surface area (Å²) in [6.45, 7) is 0. The molecule has 0 radical (unpaired) electrons. The number of aromatic nitrogens is 1. The van der Waals surface area contributed by atoms with E-state index in [4.69, 9.17) is 11.6 Å². The third kappa shape index (κ3) is 2.75. The number of nitrogens with zero attached hydrogens (tertiary/aromatic N) is 2. The molecule has 4 nitrogen and oxygen atoms in total. The van der Waals surface area contributed by atoms with Crippen LogP contribution in [0.2, 0.25) is 5.02 Å². The first kappa shape index (κ1) is 11.9. The summed E-state index contributed by atoms with van der Waals surface area (Å²) in [4.78, 5) is 15.8. The lowest BCUT2D eigenvalue weighted by molar-refractivity contribution is -0.387. The maximum Gasteiger partial charge on any atom is 0.301 e. The molecule has 0 N–H and O–H groups in total. The molecule has 0 atom stereocenters. The molecule has 0 aliphatic rings. The molecule has 0 spiro atoms. The van der Waals surface area contributed by atoms with Crippen molar-refractivity contribution in [1.82, 2.24) is 4.98 Å². The number of halogens is 1. The maximum atomic E-state index is 10.9. The van der Waals surface area contributed by atoms with Crippen molar-refractivity contribution in [3.05, 3.63) is 57.9 Å². The molecule has 1 heterocycles. The number of pyridine rings is 1. The summed E-state index contributed by atoms with van der Waals surface area (Å²) in [7, 11) is 0. The Balaban J connectivity index is 2.40. The summed E-state index contributed by atoms with van der Waals surface area (Å²) in [5, 5.41) is 11.1. The Hall–Kier alpha value is -1.59. The summed E-state index contributed by atoms with van der Waals surface area (Å²) in [5.41, 5.74) is -0.0593. The molecule has 6 heteroatoms. The van der Waals surface area contributed by atoms with Gasteiger partial charge in [0, 0.05) is 17.3 Å². The van der Waals surface area contributed by atoms with E-state index in [-0.39, 0.29) is 10.7 Å². The summed E-state index contributed by atoms with van der Waals surface area (Å²) in [6, 6.07) is 8.45. The van der Waals surface area contributed by atoms with E-state index in [1.54, 1.807) is 36.7 Å². The Bertz CT molecular complexity index is 548. The van der Waals surface area contributed by atoms with E-state index in [2.05, 4.69) is 4.98 Å². The highest BCUT2D eigenvalue weighted by Gasteiger charge is 2.18. The van der Waals surface area contributed by atoms with Crippen LogP contribution in [0.1, 0.15) is 0 Å². The zero-order valence-corrected chi connectivity index (χ0v) is 10.1. The molecule has 0 unspecified atom stereocenters. The van der Waals surface area contributed by atoms with Gasteiger partial charge >= 0.3 is 5.69 Å². The van der Waals surface area contributed by atoms with Gasteiger partial charge in [0.1, 0.15) is 5.02 Å². The quantitative estimate of drug-likeness (QED) is 0.626. The number of nitro groups is 1. The summed E-state index contributed by atoms with van der Waals surface area (Å²) >= 11 is 7.11. The van der Waals surface area contributed by atoms with Crippen LogP contribution in [0.15, 0.2) is 52.5 Å². The number of rotatable bonds is 3. The van der Waals surface area contributed by atoms with Gasteiger partial charge in [0.25, 0.3) is 0 Å². The number of hydrogen-bond donors (Lipinski definition) is 0. The number of nitro benzene ring substituents is 1. The van der Waals surface area contributed by atoms with Crippen LogP contribution in [0.5, 0.6) is 0 Å². The fraction of sp³-hybridized carbons (Fsp3) is 0. The molecule has 0 fully saturated rings. The second kappa shape index (κ2) is 5.16. The van der Waals surface area contributed by atoms with Crippen molar-refractivity contribution in [2.45, 2.75) is 9.79 Å². The molecule has 2 aromatic rings. The molecular formula is C11H7ClN2O2S. The van der Waals surface area contributed by atoms with Gasteiger partial charge in [-0.05, 0) is 24.3 Å². The minimum absolute atomic E-state index is 0.0593. The predicted molar refractivity (Wildman–Crippen MR) is 66.5 cm³/mol. The minimum atomic E-state index is -0.466. The van der Waals surface area contributed by atoms with Crippen molar-refractivity contribution in [2.75, 3.05) is 0 Å². The van der Waals surface area contributed by atoms with Gasteiger partial charge in [0.15, 0.2) is 0 Å². The summed E-state index contributed by atoms with van der Waals surface area (Å²) < 4.78 is 0. The molecule has 2 rings (SSSR count). The van der Waals surface area contributed by atoms with E-state index >= 15 is 0 Å². The fourth-order valence-corrected chi connectivity index (χ4v) is 2.53. The SMILES string of the molecule is O=[N+]([O-])c1c(Cl)cccc1Sc1ccncc1. The molecule has 0 saturated heterocycles. The van der Waals surface area contributed by atoms with Gasteiger partial charge in [-0.1, -0.05) is 29.4 Å². The summed E-state index contributed by atoms with van der Waals surface area (Å²) in [6.07, 6.45) is 3.28. The van der Waals surface area contributed by atoms with E-state index in [9.17, 15) is 10.1 Å². The van der Waals surface area contributed by atoms with Crippen LogP contribution in [-0.4, -0.2) is 9.91 Å². The minimum Gasteiger partial charge on any atom is -0.265 e. The highest BCUT2D eigenvalue weighted by Crippen LogP contribution is 2.38. The van der Waals surface area contributed by atoms with Crippen molar-refractivity contribution < 1.29 is 4.92 Å². The first-order chi connectivity index (χ1) is 8.18. The third-order valence-corrected chi connectivity index (χ3v) is 3.37. The largest absolute Gasteiger partial charge is 0.301 e. The van der Waals surface area contributed by atoms with Crippen LogP contribution in [0.3, 0.4) is 0 Å². The van der Waals surface area contributed by atoms with Crippen molar-refractivity contribution in [3.8, 4) is 0 Å². The molecule has 1 aromatic heterocycles. The molecule has 0 amide bonds. The zero-order chi connectivity index (χ0) is 12.3. The Morgan fingerprint density at radius 1 is 1.24 bits per heavy atom. The molecule has 0 aliphatic heterocycles. The van der Waals surface area contributed by atoms with Gasteiger partial charge in [-0.3, -0.25) is 15.1 Å². The van der Waals surface area contributed by atoms with Gasteiger partial charge in [0.2, 0.25) is 0 Å². The van der Waals surface area contributed by atoms with E-state index in [0.29, 0.717) is 4.90 Å². The number of benzene rings is 1. The predicted octanol–water partition coefficient (Wildman–Crippen LogP) is 3.79. The molecule has 1 aromatic carbocycles. The lowest BCUT2D eigenvalue weighted by Crippen LogP contribution is -1.91. The first-order valence-corrected chi connectivity index (χ1v) is 5.88. The van der Waals surface area contributed by atoms with Crippen LogP contribution in [-0.2, 0) is 0 Å². The van der Waals surface area contributed by atoms with Crippen LogP contribution in [0.25, 0.3) is 0 Å². The third-order valence-electron chi connectivity index (χ3n) is 2.01. The highest BCUT2D eigenvalue weighted by atomic mass is 35.5. The molecule has 0 bridgehead atoms. The van der Waals surface area contributed by atoms with Crippen LogP contribution < -0.4 is 0 Å². The molecular weight excluding hydrogens is 260 g/mol. The topological polar surface area (TPSA) is 56.0 Å². The lowest BCUT2D eigenvalue weighted by atomic mass is 10.3. The number of para-hydroxylation sites is 1. The Morgan fingerprint density at radius 2 is 1.94 bits per heavy atom. The monoisotopic (exact) mass is 266 g/mol. The second-order valence-corrected chi connectivity index (χ2v) is 4.65. The van der Waals surface area contributed by atoms with Gasteiger partial charge in [-0.2, -0.15) is 0 Å². The Kier molecular flexibility index (Phi) is 3.61.